The monoisotopic (exact) mass is 369 g/mol. The molecule has 1 amide bonds. The van der Waals surface area contributed by atoms with Crippen molar-refractivity contribution < 1.29 is 9.72 Å². The van der Waals surface area contributed by atoms with Crippen LogP contribution >= 0.6 is 0 Å². The molecule has 4 rings (SSSR count). The lowest BCUT2D eigenvalue weighted by Gasteiger charge is -2.10. The lowest BCUT2D eigenvalue weighted by atomic mass is 10.00. The summed E-state index contributed by atoms with van der Waals surface area (Å²) in [6.45, 7) is 0. The van der Waals surface area contributed by atoms with Crippen molar-refractivity contribution in [3.63, 3.8) is 0 Å². The largest absolute Gasteiger partial charge is 0.281 e. The normalized spacial score (nSPS) is 15.0. The van der Waals surface area contributed by atoms with Crippen LogP contribution < -0.4 is 5.01 Å². The summed E-state index contributed by atoms with van der Waals surface area (Å²) in [6.07, 6.45) is 1.78. The molecule has 0 saturated heterocycles. The molecule has 0 saturated carbocycles. The molecule has 3 aromatic carbocycles. The molecular formula is C22H15N3O3. The van der Waals surface area contributed by atoms with E-state index in [-0.39, 0.29) is 11.6 Å². The molecule has 6 heteroatoms. The third-order valence-corrected chi connectivity index (χ3v) is 4.34. The summed E-state index contributed by atoms with van der Waals surface area (Å²) < 4.78 is 0. The predicted molar refractivity (Wildman–Crippen MR) is 108 cm³/mol. The average Bonchev–Trinajstić information content (AvgIpc) is 3.06. The Morgan fingerprint density at radius 3 is 2.07 bits per heavy atom. The van der Waals surface area contributed by atoms with Gasteiger partial charge in [0, 0.05) is 17.7 Å². The first-order chi connectivity index (χ1) is 13.6. The van der Waals surface area contributed by atoms with Gasteiger partial charge < -0.3 is 0 Å². The first kappa shape index (κ1) is 17.4. The number of anilines is 1. The van der Waals surface area contributed by atoms with Crippen LogP contribution in [0.2, 0.25) is 0 Å². The maximum absolute atomic E-state index is 13.1. The molecule has 0 unspecified atom stereocenters. The minimum Gasteiger partial charge on any atom is -0.267 e. The molecule has 136 valence electrons. The molecular weight excluding hydrogens is 354 g/mol. The summed E-state index contributed by atoms with van der Waals surface area (Å²) in [5.41, 5.74) is 3.07. The highest BCUT2D eigenvalue weighted by Gasteiger charge is 2.32. The van der Waals surface area contributed by atoms with Crippen LogP contribution in [0.3, 0.4) is 0 Å². The van der Waals surface area contributed by atoms with Gasteiger partial charge in [0.05, 0.1) is 16.2 Å². The first-order valence-corrected chi connectivity index (χ1v) is 8.63. The van der Waals surface area contributed by atoms with Crippen LogP contribution in [0.4, 0.5) is 11.4 Å². The molecule has 0 radical (unpaired) electrons. The van der Waals surface area contributed by atoms with Crippen LogP contribution in [0.5, 0.6) is 0 Å². The molecule has 0 aromatic heterocycles. The SMILES string of the molecule is O=C1C(=Cc2ccccc2)C(c2ccc([N+](=O)[O-])cc2)=NN1c1ccccc1. The van der Waals surface area contributed by atoms with Gasteiger partial charge >= 0.3 is 0 Å². The molecule has 0 bridgehead atoms. The van der Waals surface area contributed by atoms with Crippen molar-refractivity contribution in [2.75, 3.05) is 5.01 Å². The Kier molecular flexibility index (Phi) is 4.51. The summed E-state index contributed by atoms with van der Waals surface area (Å²) in [6, 6.07) is 24.7. The highest BCUT2D eigenvalue weighted by Crippen LogP contribution is 2.28. The summed E-state index contributed by atoms with van der Waals surface area (Å²) in [7, 11) is 0. The molecule has 0 N–H and O–H groups in total. The number of carbonyl (C=O) groups excluding carboxylic acids is 1. The Morgan fingerprint density at radius 1 is 0.857 bits per heavy atom. The summed E-state index contributed by atoms with van der Waals surface area (Å²) in [5.74, 6) is -0.247. The van der Waals surface area contributed by atoms with Crippen molar-refractivity contribution in [1.82, 2.24) is 0 Å². The second-order valence-electron chi connectivity index (χ2n) is 6.17. The second kappa shape index (κ2) is 7.28. The minimum absolute atomic E-state index is 0.0119. The van der Waals surface area contributed by atoms with Crippen LogP contribution in [0, 0.1) is 10.1 Å². The minimum atomic E-state index is -0.456. The topological polar surface area (TPSA) is 75.8 Å². The number of non-ortho nitro benzene ring substituents is 1. The van der Waals surface area contributed by atoms with Crippen LogP contribution in [-0.4, -0.2) is 16.5 Å². The van der Waals surface area contributed by atoms with E-state index in [0.29, 0.717) is 22.5 Å². The Balaban J connectivity index is 1.81. The maximum Gasteiger partial charge on any atom is 0.281 e. The van der Waals surface area contributed by atoms with Gasteiger partial charge in [0.2, 0.25) is 0 Å². The van der Waals surface area contributed by atoms with Crippen molar-refractivity contribution in [1.29, 1.82) is 0 Å². The standard InChI is InChI=1S/C22H15N3O3/c26-22-20(15-16-7-3-1-4-8-16)21(17-11-13-19(14-12-17)25(27)28)23-24(22)18-9-5-2-6-10-18/h1-15H. The molecule has 1 aliphatic heterocycles. The van der Waals surface area contributed by atoms with Crippen molar-refractivity contribution >= 4 is 29.1 Å². The second-order valence-corrected chi connectivity index (χ2v) is 6.17. The fourth-order valence-corrected chi connectivity index (χ4v) is 2.96. The van der Waals surface area contributed by atoms with Crippen LogP contribution in [0.1, 0.15) is 11.1 Å². The zero-order valence-electron chi connectivity index (χ0n) is 14.7. The number of rotatable bonds is 4. The Morgan fingerprint density at radius 2 is 1.46 bits per heavy atom. The van der Waals surface area contributed by atoms with Gasteiger partial charge in [-0.05, 0) is 35.9 Å². The number of nitro benzene ring substituents is 1. The number of amides is 1. The van der Waals surface area contributed by atoms with Gasteiger partial charge in [0.15, 0.2) is 0 Å². The van der Waals surface area contributed by atoms with Crippen LogP contribution in [0.15, 0.2) is 95.6 Å². The van der Waals surface area contributed by atoms with Gasteiger partial charge in [-0.15, -0.1) is 0 Å². The number of nitrogens with zero attached hydrogens (tertiary/aromatic N) is 3. The molecule has 0 atom stereocenters. The summed E-state index contributed by atoms with van der Waals surface area (Å²) in [5, 5.41) is 16.8. The Bertz CT molecular complexity index is 1090. The van der Waals surface area contributed by atoms with E-state index in [1.54, 1.807) is 30.3 Å². The van der Waals surface area contributed by atoms with Gasteiger partial charge in [0.25, 0.3) is 11.6 Å². The van der Waals surface area contributed by atoms with Gasteiger partial charge in [-0.1, -0.05) is 48.5 Å². The number of nitro groups is 1. The van der Waals surface area contributed by atoms with E-state index in [0.717, 1.165) is 5.56 Å². The quantitative estimate of drug-likeness (QED) is 0.388. The Labute approximate surface area is 161 Å². The summed E-state index contributed by atoms with van der Waals surface area (Å²) in [4.78, 5) is 23.6. The van der Waals surface area contributed by atoms with E-state index in [1.165, 1.54) is 17.1 Å². The fraction of sp³-hybridized carbons (Fsp3) is 0. The van der Waals surface area contributed by atoms with E-state index >= 15 is 0 Å². The highest BCUT2D eigenvalue weighted by atomic mass is 16.6. The number of hydrazone groups is 1. The number of carbonyl (C=O) groups is 1. The first-order valence-electron chi connectivity index (χ1n) is 8.63. The molecule has 28 heavy (non-hydrogen) atoms. The molecule has 1 aliphatic rings. The number of hydrogen-bond acceptors (Lipinski definition) is 4. The van der Waals surface area contributed by atoms with Crippen LogP contribution in [0.25, 0.3) is 6.08 Å². The molecule has 3 aromatic rings. The zero-order chi connectivity index (χ0) is 19.5. The third kappa shape index (κ3) is 3.31. The van der Waals surface area contributed by atoms with Gasteiger partial charge in [-0.3, -0.25) is 14.9 Å². The van der Waals surface area contributed by atoms with Gasteiger partial charge in [-0.2, -0.15) is 10.1 Å². The van der Waals surface area contributed by atoms with E-state index in [1.807, 2.05) is 48.5 Å². The van der Waals surface area contributed by atoms with Crippen molar-refractivity contribution in [3.05, 3.63) is 112 Å². The molecule has 6 nitrogen and oxygen atoms in total. The zero-order valence-corrected chi connectivity index (χ0v) is 14.7. The smallest absolute Gasteiger partial charge is 0.267 e. The molecule has 0 spiro atoms. The third-order valence-electron chi connectivity index (χ3n) is 4.34. The molecule has 0 aliphatic carbocycles. The van der Waals surface area contributed by atoms with Crippen molar-refractivity contribution in [2.45, 2.75) is 0 Å². The van der Waals surface area contributed by atoms with Gasteiger partial charge in [0.1, 0.15) is 5.71 Å². The van der Waals surface area contributed by atoms with Crippen molar-refractivity contribution in [2.24, 2.45) is 5.10 Å². The summed E-state index contributed by atoms with van der Waals surface area (Å²) >= 11 is 0. The highest BCUT2D eigenvalue weighted by molar-refractivity contribution is 6.37. The fourth-order valence-electron chi connectivity index (χ4n) is 2.96. The van der Waals surface area contributed by atoms with Gasteiger partial charge in [-0.25, -0.2) is 0 Å². The van der Waals surface area contributed by atoms with E-state index in [4.69, 9.17) is 0 Å². The van der Waals surface area contributed by atoms with Crippen molar-refractivity contribution in [3.8, 4) is 0 Å². The number of para-hydroxylation sites is 1. The van der Waals surface area contributed by atoms with E-state index in [9.17, 15) is 14.9 Å². The van der Waals surface area contributed by atoms with E-state index in [2.05, 4.69) is 5.10 Å². The molecule has 0 fully saturated rings. The van der Waals surface area contributed by atoms with Crippen LogP contribution in [-0.2, 0) is 4.79 Å². The average molecular weight is 369 g/mol. The molecule has 1 heterocycles. The lowest BCUT2D eigenvalue weighted by Crippen LogP contribution is -2.21. The lowest BCUT2D eigenvalue weighted by molar-refractivity contribution is -0.384. The Hall–Kier alpha value is -4.06. The maximum atomic E-state index is 13.1. The number of benzene rings is 3. The number of hydrogen-bond donors (Lipinski definition) is 0. The predicted octanol–water partition coefficient (Wildman–Crippen LogP) is 4.43. The van der Waals surface area contributed by atoms with E-state index < -0.39 is 4.92 Å².